The first-order valence-electron chi connectivity index (χ1n) is 14.3. The zero-order chi connectivity index (χ0) is 31.2. The molecule has 0 bridgehead atoms. The fourth-order valence-electron chi connectivity index (χ4n) is 5.81. The van der Waals surface area contributed by atoms with E-state index in [0.717, 1.165) is 35.9 Å². The van der Waals surface area contributed by atoms with Gasteiger partial charge in [0.05, 0.1) is 48.2 Å². The van der Waals surface area contributed by atoms with Crippen molar-refractivity contribution in [1.29, 1.82) is 0 Å². The molecular weight excluding hydrogens is 631 g/mol. The van der Waals surface area contributed by atoms with Crippen molar-refractivity contribution in [2.75, 3.05) is 4.90 Å². The highest BCUT2D eigenvalue weighted by molar-refractivity contribution is 8.18. The van der Waals surface area contributed by atoms with Crippen LogP contribution in [-0.2, 0) is 14.4 Å². The molecule has 2 saturated heterocycles. The molecule has 0 unspecified atom stereocenters. The predicted octanol–water partition coefficient (Wildman–Crippen LogP) is 7.24. The maximum Gasteiger partial charge on any atom is 0.283 e. The number of nitrogens with zero attached hydrogens (tertiary/aromatic N) is 4. The summed E-state index contributed by atoms with van der Waals surface area (Å²) in [5, 5.41) is 15.2. The molecule has 1 aromatic heterocycles. The SMILES string of the molecule is Cc1ccc(N=C2NC(=O)/C(=C/c3ccc(Sc4nc5ccc(N6C(=O)[C@H]7CCCC[C@H]7C6=O)cc5s4)c([N+](=O)[O-])c3)S2)cc1. The van der Waals surface area contributed by atoms with Crippen LogP contribution in [0.1, 0.15) is 36.8 Å². The molecule has 0 radical (unpaired) electrons. The number of thiazole rings is 1. The van der Waals surface area contributed by atoms with Crippen LogP contribution in [0.5, 0.6) is 0 Å². The number of amidine groups is 1. The first-order valence-corrected chi connectivity index (χ1v) is 16.8. The number of nitro groups is 1. The van der Waals surface area contributed by atoms with Gasteiger partial charge in [-0.3, -0.25) is 29.4 Å². The third kappa shape index (κ3) is 5.78. The number of aryl methyl sites for hydroxylation is 1. The van der Waals surface area contributed by atoms with Gasteiger partial charge in [0.2, 0.25) is 11.8 Å². The number of rotatable bonds is 6. The third-order valence-electron chi connectivity index (χ3n) is 8.04. The molecule has 0 spiro atoms. The van der Waals surface area contributed by atoms with E-state index < -0.39 is 4.92 Å². The summed E-state index contributed by atoms with van der Waals surface area (Å²) in [6.45, 7) is 1.98. The fourth-order valence-corrected chi connectivity index (χ4v) is 8.79. The number of aromatic nitrogens is 1. The Balaban J connectivity index is 1.11. The van der Waals surface area contributed by atoms with Crippen molar-refractivity contribution in [3.63, 3.8) is 0 Å². The Morgan fingerprint density at radius 2 is 1.76 bits per heavy atom. The number of thioether (sulfide) groups is 1. The summed E-state index contributed by atoms with van der Waals surface area (Å²) in [6.07, 6.45) is 5.03. The maximum atomic E-state index is 13.1. The molecular formula is C32H25N5O5S3. The molecule has 2 atom stereocenters. The Morgan fingerprint density at radius 3 is 2.47 bits per heavy atom. The molecule has 3 aromatic carbocycles. The summed E-state index contributed by atoms with van der Waals surface area (Å²) >= 11 is 3.69. The normalized spacial score (nSPS) is 21.6. The average Bonchev–Trinajstić information content (AvgIpc) is 3.67. The predicted molar refractivity (Wildman–Crippen MR) is 177 cm³/mol. The van der Waals surface area contributed by atoms with Crippen molar-refractivity contribution in [3.8, 4) is 0 Å². The molecule has 226 valence electrons. The highest BCUT2D eigenvalue weighted by Gasteiger charge is 2.48. The van der Waals surface area contributed by atoms with Crippen molar-refractivity contribution < 1.29 is 19.3 Å². The fraction of sp³-hybridized carbons (Fsp3) is 0.219. The number of imide groups is 1. The van der Waals surface area contributed by atoms with Gasteiger partial charge in [-0.25, -0.2) is 9.98 Å². The molecule has 4 aromatic rings. The van der Waals surface area contributed by atoms with Gasteiger partial charge in [-0.15, -0.1) is 11.3 Å². The number of nitrogens with one attached hydrogen (secondary N) is 1. The van der Waals surface area contributed by atoms with Gasteiger partial charge >= 0.3 is 0 Å². The van der Waals surface area contributed by atoms with E-state index >= 15 is 0 Å². The molecule has 2 aliphatic heterocycles. The van der Waals surface area contributed by atoms with Gasteiger partial charge in [0.15, 0.2) is 9.51 Å². The minimum Gasteiger partial charge on any atom is -0.300 e. The van der Waals surface area contributed by atoms with E-state index in [-0.39, 0.29) is 35.2 Å². The molecule has 10 nitrogen and oxygen atoms in total. The minimum absolute atomic E-state index is 0.109. The Kier molecular flexibility index (Phi) is 7.76. The Labute approximate surface area is 270 Å². The van der Waals surface area contributed by atoms with Crippen LogP contribution in [0, 0.1) is 28.9 Å². The van der Waals surface area contributed by atoms with Crippen LogP contribution in [-0.4, -0.2) is 32.8 Å². The van der Waals surface area contributed by atoms with Crippen LogP contribution in [0.4, 0.5) is 17.1 Å². The molecule has 3 fully saturated rings. The van der Waals surface area contributed by atoms with Gasteiger partial charge in [-0.2, -0.15) is 0 Å². The zero-order valence-electron chi connectivity index (χ0n) is 23.9. The van der Waals surface area contributed by atoms with E-state index in [4.69, 9.17) is 0 Å². The largest absolute Gasteiger partial charge is 0.300 e. The molecule has 3 aliphatic rings. The van der Waals surface area contributed by atoms with Crippen LogP contribution in [0.15, 0.2) is 79.8 Å². The van der Waals surface area contributed by atoms with Crippen molar-refractivity contribution in [2.24, 2.45) is 16.8 Å². The lowest BCUT2D eigenvalue weighted by Crippen LogP contribution is -2.30. The standard InChI is InChI=1S/C32H25N5O5S3/c1-17-6-9-19(10-7-17)33-31-35-28(38)27(43-31)15-18-8-13-25(24(14-18)37(41)42)44-32-34-23-12-11-20(16-26(23)45-32)36-29(39)21-4-2-3-5-22(21)30(36)40/h6-16,21-22H,2-5H2,1H3,(H,33,35,38)/b27-15-/t21-,22+. The van der Waals surface area contributed by atoms with E-state index in [1.54, 1.807) is 36.4 Å². The second-order valence-electron chi connectivity index (χ2n) is 11.0. The number of anilines is 1. The summed E-state index contributed by atoms with van der Waals surface area (Å²) in [5.74, 6) is -1.04. The molecule has 3 heterocycles. The van der Waals surface area contributed by atoms with Crippen molar-refractivity contribution in [2.45, 2.75) is 41.8 Å². The summed E-state index contributed by atoms with van der Waals surface area (Å²) in [5.41, 5.74) is 3.43. The van der Waals surface area contributed by atoms with Crippen molar-refractivity contribution in [3.05, 3.63) is 86.8 Å². The summed E-state index contributed by atoms with van der Waals surface area (Å²) < 4.78 is 1.37. The number of hydrogen-bond acceptors (Lipinski definition) is 10. The van der Waals surface area contributed by atoms with Gasteiger partial charge in [0, 0.05) is 6.07 Å². The number of hydrogen-bond donors (Lipinski definition) is 1. The number of carbonyl (C=O) groups is 3. The molecule has 45 heavy (non-hydrogen) atoms. The Morgan fingerprint density at radius 1 is 1.02 bits per heavy atom. The van der Waals surface area contributed by atoms with Gasteiger partial charge in [-0.05, 0) is 79.6 Å². The summed E-state index contributed by atoms with van der Waals surface area (Å²) in [7, 11) is 0. The van der Waals surface area contributed by atoms with Gasteiger partial charge < -0.3 is 5.32 Å². The second kappa shape index (κ2) is 11.9. The Bertz CT molecular complexity index is 1950. The molecule has 1 saturated carbocycles. The highest BCUT2D eigenvalue weighted by atomic mass is 32.2. The van der Waals surface area contributed by atoms with E-state index in [0.29, 0.717) is 41.8 Å². The number of fused-ring (bicyclic) bond motifs is 2. The smallest absolute Gasteiger partial charge is 0.283 e. The lowest BCUT2D eigenvalue weighted by Gasteiger charge is -2.19. The second-order valence-corrected chi connectivity index (χ2v) is 14.4. The number of benzene rings is 3. The van der Waals surface area contributed by atoms with Crippen LogP contribution >= 0.6 is 34.9 Å². The van der Waals surface area contributed by atoms with Crippen LogP contribution in [0.3, 0.4) is 0 Å². The molecule has 1 N–H and O–H groups in total. The molecule has 1 aliphatic carbocycles. The third-order valence-corrected chi connectivity index (χ3v) is 11.1. The summed E-state index contributed by atoms with van der Waals surface area (Å²) in [6, 6.07) is 17.7. The van der Waals surface area contributed by atoms with E-state index in [1.807, 2.05) is 31.2 Å². The van der Waals surface area contributed by atoms with Gasteiger partial charge in [0.25, 0.3) is 11.6 Å². The number of aliphatic imine (C=N–C) groups is 1. The number of nitro benzene ring substituents is 1. The lowest BCUT2D eigenvalue weighted by atomic mass is 9.81. The Hall–Kier alpha value is -4.33. The topological polar surface area (TPSA) is 135 Å². The lowest BCUT2D eigenvalue weighted by molar-refractivity contribution is -0.387. The van der Waals surface area contributed by atoms with Crippen molar-refractivity contribution in [1.82, 2.24) is 10.3 Å². The van der Waals surface area contributed by atoms with Crippen LogP contribution < -0.4 is 10.2 Å². The van der Waals surface area contributed by atoms with E-state index in [9.17, 15) is 24.5 Å². The average molecular weight is 656 g/mol. The first kappa shape index (κ1) is 29.4. The van der Waals surface area contributed by atoms with Gasteiger partial charge in [-0.1, -0.05) is 48.4 Å². The minimum atomic E-state index is -0.452. The maximum absolute atomic E-state index is 13.1. The van der Waals surface area contributed by atoms with E-state index in [1.165, 1.54) is 45.8 Å². The molecule has 3 amide bonds. The van der Waals surface area contributed by atoms with Crippen molar-refractivity contribution >= 4 is 91.1 Å². The van der Waals surface area contributed by atoms with E-state index in [2.05, 4.69) is 15.3 Å². The first-order chi connectivity index (χ1) is 21.7. The zero-order valence-corrected chi connectivity index (χ0v) is 26.3. The molecule has 7 rings (SSSR count). The van der Waals surface area contributed by atoms with Crippen LogP contribution in [0.2, 0.25) is 0 Å². The summed E-state index contributed by atoms with van der Waals surface area (Å²) in [4.78, 5) is 61.6. The van der Waals surface area contributed by atoms with Crippen LogP contribution in [0.25, 0.3) is 16.3 Å². The molecule has 13 heteroatoms. The number of amides is 3. The monoisotopic (exact) mass is 655 g/mol. The quantitative estimate of drug-likeness (QED) is 0.0995. The highest BCUT2D eigenvalue weighted by Crippen LogP contribution is 2.43. The number of carbonyl (C=O) groups excluding carboxylic acids is 3. The van der Waals surface area contributed by atoms with Gasteiger partial charge in [0.1, 0.15) is 0 Å².